The van der Waals surface area contributed by atoms with Gasteiger partial charge in [0, 0.05) is 33.5 Å². The van der Waals surface area contributed by atoms with Crippen LogP contribution in [0.1, 0.15) is 97.3 Å². The summed E-state index contributed by atoms with van der Waals surface area (Å²) in [7, 11) is 0. The molecule has 164 valence electrons. The normalized spacial score (nSPS) is 18.2. The average molecular weight is 396 g/mol. The van der Waals surface area contributed by atoms with Crippen LogP contribution >= 0.6 is 0 Å². The Morgan fingerprint density at radius 1 is 0.750 bits per heavy atom. The number of nitrogens with zero attached hydrogens (tertiary/aromatic N) is 2. The highest BCUT2D eigenvalue weighted by molar-refractivity contribution is 5.73. The zero-order valence-electron chi connectivity index (χ0n) is 18.6. The number of nitrogens with one attached hydrogen (secondary N) is 1. The fraction of sp³-hybridized carbons (Fsp3) is 0.913. The molecule has 0 aromatic heterocycles. The lowest BCUT2D eigenvalue weighted by Gasteiger charge is -2.26. The van der Waals surface area contributed by atoms with Crippen LogP contribution in [0.3, 0.4) is 0 Å². The molecule has 0 aromatic carbocycles. The van der Waals surface area contributed by atoms with Crippen molar-refractivity contribution in [3.05, 3.63) is 0 Å². The maximum Gasteiger partial charge on any atom is 0.219 e. The number of amides is 2. The fourth-order valence-electron chi connectivity index (χ4n) is 4.04. The van der Waals surface area contributed by atoms with Crippen molar-refractivity contribution in [1.29, 1.82) is 0 Å². The van der Waals surface area contributed by atoms with Crippen LogP contribution in [0.2, 0.25) is 0 Å². The molecule has 5 heteroatoms. The van der Waals surface area contributed by atoms with Crippen LogP contribution in [0.4, 0.5) is 0 Å². The van der Waals surface area contributed by atoms with E-state index in [1.54, 1.807) is 6.92 Å². The molecule has 1 N–H and O–H groups in total. The summed E-state index contributed by atoms with van der Waals surface area (Å²) >= 11 is 0. The van der Waals surface area contributed by atoms with Crippen molar-refractivity contribution in [2.75, 3.05) is 39.3 Å². The number of rotatable bonds is 8. The number of hydrogen-bond acceptors (Lipinski definition) is 3. The summed E-state index contributed by atoms with van der Waals surface area (Å²) in [5.74, 6) is 0.139. The van der Waals surface area contributed by atoms with Gasteiger partial charge in [-0.3, -0.25) is 9.59 Å². The second kappa shape index (κ2) is 16.8. The van der Waals surface area contributed by atoms with Gasteiger partial charge in [0.2, 0.25) is 11.8 Å². The molecule has 0 bridgehead atoms. The van der Waals surface area contributed by atoms with Crippen molar-refractivity contribution in [1.82, 2.24) is 15.1 Å². The molecule has 1 fully saturated rings. The highest BCUT2D eigenvalue weighted by atomic mass is 16.2. The zero-order valence-corrected chi connectivity index (χ0v) is 18.6. The van der Waals surface area contributed by atoms with Crippen molar-refractivity contribution >= 4 is 11.8 Å². The van der Waals surface area contributed by atoms with Gasteiger partial charge in [0.15, 0.2) is 0 Å². The van der Waals surface area contributed by atoms with Gasteiger partial charge in [-0.2, -0.15) is 0 Å². The van der Waals surface area contributed by atoms with Crippen LogP contribution in [0.15, 0.2) is 0 Å². The van der Waals surface area contributed by atoms with Gasteiger partial charge in [0.25, 0.3) is 0 Å². The highest BCUT2D eigenvalue weighted by Gasteiger charge is 2.10. The smallest absolute Gasteiger partial charge is 0.219 e. The number of carbonyl (C=O) groups excluding carboxylic acids is 2. The van der Waals surface area contributed by atoms with Gasteiger partial charge < -0.3 is 15.1 Å². The minimum absolute atomic E-state index is 0.00370. The molecule has 0 radical (unpaired) electrons. The average Bonchev–Trinajstić information content (AvgIpc) is 2.65. The Bertz CT molecular complexity index is 401. The molecule has 5 nitrogen and oxygen atoms in total. The summed E-state index contributed by atoms with van der Waals surface area (Å²) in [6.07, 6.45) is 17.1. The molecule has 0 aromatic rings. The van der Waals surface area contributed by atoms with Gasteiger partial charge in [-0.05, 0) is 45.3 Å². The molecule has 1 aliphatic rings. The fourth-order valence-corrected chi connectivity index (χ4v) is 4.04. The lowest BCUT2D eigenvalue weighted by atomic mass is 10.0. The van der Waals surface area contributed by atoms with E-state index in [4.69, 9.17) is 0 Å². The molecule has 28 heavy (non-hydrogen) atoms. The SMILES string of the molecule is CC(=O)NCCCN(CCCN1CCCCCCCCCCCCC1)C(C)=O. The van der Waals surface area contributed by atoms with E-state index in [9.17, 15) is 9.59 Å². The maximum atomic E-state index is 11.9. The first-order valence-corrected chi connectivity index (χ1v) is 11.8. The van der Waals surface area contributed by atoms with Crippen molar-refractivity contribution in [2.24, 2.45) is 0 Å². The molecule has 0 atom stereocenters. The Hall–Kier alpha value is -1.10. The first-order chi connectivity index (χ1) is 13.6. The van der Waals surface area contributed by atoms with Crippen LogP contribution in [0.25, 0.3) is 0 Å². The zero-order chi connectivity index (χ0) is 20.5. The standard InChI is InChI=1S/C23H45N3O2/c1-22(27)24-16-14-20-26(23(2)28)21-15-19-25-17-12-10-8-6-4-3-5-7-9-11-13-18-25/h3-21H2,1-2H3,(H,24,27). The van der Waals surface area contributed by atoms with Crippen molar-refractivity contribution < 1.29 is 9.59 Å². The van der Waals surface area contributed by atoms with Crippen molar-refractivity contribution in [3.8, 4) is 0 Å². The number of hydrogen-bond donors (Lipinski definition) is 1. The minimum atomic E-state index is -0.00370. The van der Waals surface area contributed by atoms with Crippen molar-refractivity contribution in [2.45, 2.75) is 97.3 Å². The van der Waals surface area contributed by atoms with Crippen LogP contribution in [-0.4, -0.2) is 60.9 Å². The molecule has 1 saturated heterocycles. The van der Waals surface area contributed by atoms with E-state index in [2.05, 4.69) is 10.2 Å². The molecular weight excluding hydrogens is 350 g/mol. The van der Waals surface area contributed by atoms with E-state index in [1.807, 2.05) is 4.90 Å². The van der Waals surface area contributed by atoms with Crippen molar-refractivity contribution in [3.63, 3.8) is 0 Å². The van der Waals surface area contributed by atoms with Gasteiger partial charge >= 0.3 is 0 Å². The topological polar surface area (TPSA) is 52.7 Å². The minimum Gasteiger partial charge on any atom is -0.356 e. The molecular formula is C23H45N3O2. The van der Waals surface area contributed by atoms with E-state index in [-0.39, 0.29) is 11.8 Å². The van der Waals surface area contributed by atoms with Crippen LogP contribution in [-0.2, 0) is 9.59 Å². The summed E-state index contributed by atoms with van der Waals surface area (Å²) in [5, 5.41) is 2.80. The Kier molecular flexibility index (Phi) is 15.0. The van der Waals surface area contributed by atoms with Crippen LogP contribution in [0, 0.1) is 0 Å². The molecule has 0 aliphatic carbocycles. The van der Waals surface area contributed by atoms with E-state index in [0.29, 0.717) is 6.54 Å². The third kappa shape index (κ3) is 14.0. The third-order valence-corrected chi connectivity index (χ3v) is 5.78. The predicted molar refractivity (Wildman–Crippen MR) is 117 cm³/mol. The Labute approximate surface area is 173 Å². The quantitative estimate of drug-likeness (QED) is 0.621. The Morgan fingerprint density at radius 3 is 1.68 bits per heavy atom. The summed E-state index contributed by atoms with van der Waals surface area (Å²) < 4.78 is 0. The maximum absolute atomic E-state index is 11.9. The molecule has 1 heterocycles. The van der Waals surface area contributed by atoms with E-state index in [1.165, 1.54) is 90.6 Å². The molecule has 0 unspecified atom stereocenters. The number of carbonyl (C=O) groups is 2. The molecule has 1 rings (SSSR count). The second-order valence-corrected chi connectivity index (χ2v) is 8.43. The van der Waals surface area contributed by atoms with Gasteiger partial charge in [-0.25, -0.2) is 0 Å². The summed E-state index contributed by atoms with van der Waals surface area (Å²) in [5.41, 5.74) is 0. The van der Waals surface area contributed by atoms with Crippen LogP contribution in [0.5, 0.6) is 0 Å². The third-order valence-electron chi connectivity index (χ3n) is 5.78. The van der Waals surface area contributed by atoms with Gasteiger partial charge in [-0.1, -0.05) is 57.8 Å². The van der Waals surface area contributed by atoms with Gasteiger partial charge in [0.1, 0.15) is 0 Å². The van der Waals surface area contributed by atoms with E-state index in [0.717, 1.165) is 32.5 Å². The first-order valence-electron chi connectivity index (χ1n) is 11.8. The monoisotopic (exact) mass is 395 g/mol. The molecule has 0 saturated carbocycles. The predicted octanol–water partition coefficient (Wildman–Crippen LogP) is 4.36. The largest absolute Gasteiger partial charge is 0.356 e. The Balaban J connectivity index is 2.30. The Morgan fingerprint density at radius 2 is 1.21 bits per heavy atom. The first kappa shape index (κ1) is 24.9. The van der Waals surface area contributed by atoms with Gasteiger partial charge in [0.05, 0.1) is 0 Å². The summed E-state index contributed by atoms with van der Waals surface area (Å²) in [4.78, 5) is 27.4. The van der Waals surface area contributed by atoms with Gasteiger partial charge in [-0.15, -0.1) is 0 Å². The van der Waals surface area contributed by atoms with E-state index < -0.39 is 0 Å². The summed E-state index contributed by atoms with van der Waals surface area (Å²) in [6.45, 7) is 8.90. The highest BCUT2D eigenvalue weighted by Crippen LogP contribution is 2.13. The molecule has 0 spiro atoms. The summed E-state index contributed by atoms with van der Waals surface area (Å²) in [6, 6.07) is 0. The lowest BCUT2D eigenvalue weighted by Crippen LogP contribution is -2.35. The second-order valence-electron chi connectivity index (χ2n) is 8.43. The lowest BCUT2D eigenvalue weighted by molar-refractivity contribution is -0.129. The molecule has 2 amide bonds. The van der Waals surface area contributed by atoms with Crippen LogP contribution < -0.4 is 5.32 Å². The van der Waals surface area contributed by atoms with E-state index >= 15 is 0 Å². The molecule has 1 aliphatic heterocycles.